The molecule has 4 nitrogen and oxygen atoms in total. The largest absolute Gasteiger partial charge is 0.333 e. The van der Waals surface area contributed by atoms with Gasteiger partial charge in [0.2, 0.25) is 0 Å². The number of halogens is 1. The van der Waals surface area contributed by atoms with Crippen LogP contribution in [-0.4, -0.2) is 32.9 Å². The van der Waals surface area contributed by atoms with Gasteiger partial charge < -0.3 is 9.47 Å². The third-order valence-corrected chi connectivity index (χ3v) is 5.09. The van der Waals surface area contributed by atoms with Crippen molar-refractivity contribution in [3.05, 3.63) is 15.7 Å². The lowest BCUT2D eigenvalue weighted by atomic mass is 10.3. The van der Waals surface area contributed by atoms with Crippen LogP contribution in [0.25, 0.3) is 10.3 Å². The van der Waals surface area contributed by atoms with Gasteiger partial charge in [-0.1, -0.05) is 0 Å². The van der Waals surface area contributed by atoms with E-state index in [1.165, 1.54) is 0 Å². The third-order valence-electron chi connectivity index (χ3n) is 3.50. The molecular formula is C11H10BrN3OS. The first-order valence-corrected chi connectivity index (χ1v) is 7.37. The molecule has 0 saturated heterocycles. The first-order chi connectivity index (χ1) is 8.27. The maximum atomic E-state index is 12.4. The van der Waals surface area contributed by atoms with E-state index in [1.807, 2.05) is 10.4 Å². The second-order valence-electron chi connectivity index (χ2n) is 4.55. The predicted octanol–water partition coefficient (Wildman–Crippen LogP) is 2.48. The van der Waals surface area contributed by atoms with E-state index in [-0.39, 0.29) is 5.91 Å². The van der Waals surface area contributed by atoms with E-state index in [0.29, 0.717) is 6.04 Å². The molecule has 1 aliphatic carbocycles. The minimum Gasteiger partial charge on any atom is -0.333 e. The zero-order valence-corrected chi connectivity index (χ0v) is 11.4. The van der Waals surface area contributed by atoms with E-state index in [4.69, 9.17) is 0 Å². The molecule has 0 radical (unpaired) electrons. The van der Waals surface area contributed by atoms with Crippen molar-refractivity contribution in [1.82, 2.24) is 14.5 Å². The molecule has 2 aromatic rings. The molecule has 0 N–H and O–H groups in total. The summed E-state index contributed by atoms with van der Waals surface area (Å²) in [6.07, 6.45) is 2.33. The Hall–Kier alpha value is -0.880. The molecule has 17 heavy (non-hydrogen) atoms. The van der Waals surface area contributed by atoms with Gasteiger partial charge in [0, 0.05) is 19.1 Å². The van der Waals surface area contributed by atoms with Gasteiger partial charge in [-0.05, 0) is 28.8 Å². The molecule has 2 aromatic heterocycles. The summed E-state index contributed by atoms with van der Waals surface area (Å²) in [7, 11) is 0. The fraction of sp³-hybridized carbons (Fsp3) is 0.455. The van der Waals surface area contributed by atoms with Crippen molar-refractivity contribution >= 4 is 43.5 Å². The van der Waals surface area contributed by atoms with Crippen LogP contribution in [0.1, 0.15) is 23.3 Å². The summed E-state index contributed by atoms with van der Waals surface area (Å²) >= 11 is 5.13. The van der Waals surface area contributed by atoms with Gasteiger partial charge in [-0.25, -0.2) is 4.98 Å². The summed E-state index contributed by atoms with van der Waals surface area (Å²) < 4.78 is 2.97. The Labute approximate surface area is 110 Å². The van der Waals surface area contributed by atoms with Crippen molar-refractivity contribution in [3.8, 4) is 0 Å². The first kappa shape index (κ1) is 10.1. The van der Waals surface area contributed by atoms with E-state index in [1.54, 1.807) is 11.3 Å². The van der Waals surface area contributed by atoms with Gasteiger partial charge in [-0.2, -0.15) is 0 Å². The highest BCUT2D eigenvalue weighted by atomic mass is 79.9. The Morgan fingerprint density at radius 3 is 3.00 bits per heavy atom. The summed E-state index contributed by atoms with van der Waals surface area (Å²) in [5, 5.41) is 0. The van der Waals surface area contributed by atoms with Crippen molar-refractivity contribution in [2.75, 3.05) is 6.54 Å². The van der Waals surface area contributed by atoms with Crippen molar-refractivity contribution in [2.24, 2.45) is 0 Å². The van der Waals surface area contributed by atoms with Crippen molar-refractivity contribution in [3.63, 3.8) is 0 Å². The quantitative estimate of drug-likeness (QED) is 0.811. The number of amides is 1. The Kier molecular flexibility index (Phi) is 1.97. The average molecular weight is 312 g/mol. The van der Waals surface area contributed by atoms with Crippen LogP contribution in [0.3, 0.4) is 0 Å². The van der Waals surface area contributed by atoms with Gasteiger partial charge in [0.1, 0.15) is 16.0 Å². The normalized spacial score (nSPS) is 20.1. The van der Waals surface area contributed by atoms with Crippen LogP contribution in [0, 0.1) is 0 Å². The number of carbonyl (C=O) groups excluding carboxylic acids is 1. The van der Waals surface area contributed by atoms with Gasteiger partial charge in [0.25, 0.3) is 5.91 Å². The summed E-state index contributed by atoms with van der Waals surface area (Å²) in [5.41, 5.74) is 3.55. The number of aromatic nitrogens is 2. The molecule has 4 rings (SSSR count). The second-order valence-corrected chi connectivity index (χ2v) is 6.18. The van der Waals surface area contributed by atoms with Crippen LogP contribution in [0.5, 0.6) is 0 Å². The minimum absolute atomic E-state index is 0.163. The summed E-state index contributed by atoms with van der Waals surface area (Å²) in [6, 6.07) is 0.490. The van der Waals surface area contributed by atoms with Gasteiger partial charge >= 0.3 is 0 Å². The smallest absolute Gasteiger partial charge is 0.272 e. The number of rotatable bonds is 1. The van der Waals surface area contributed by atoms with E-state index in [2.05, 4.69) is 25.5 Å². The van der Waals surface area contributed by atoms with Crippen LogP contribution in [0.4, 0.5) is 0 Å². The van der Waals surface area contributed by atoms with Gasteiger partial charge in [-0.3, -0.25) is 4.79 Å². The van der Waals surface area contributed by atoms with Gasteiger partial charge in [0.15, 0.2) is 0 Å². The molecule has 1 aliphatic heterocycles. The number of fused-ring (bicyclic) bond motifs is 3. The standard InChI is InChI=1S/C11H10BrN3OS/c12-7-8-11(17-5-13-8)15-4-3-14(6-1-2-6)10(16)9(7)15/h5-6H,1-4H2. The highest BCUT2D eigenvalue weighted by Crippen LogP contribution is 2.37. The van der Waals surface area contributed by atoms with Crippen LogP contribution >= 0.6 is 27.3 Å². The molecule has 1 saturated carbocycles. The zero-order chi connectivity index (χ0) is 11.6. The van der Waals surface area contributed by atoms with Crippen molar-refractivity contribution in [2.45, 2.75) is 25.4 Å². The molecule has 88 valence electrons. The van der Waals surface area contributed by atoms with Crippen LogP contribution in [-0.2, 0) is 6.54 Å². The molecule has 6 heteroatoms. The van der Waals surface area contributed by atoms with Gasteiger partial charge in [0.05, 0.1) is 9.98 Å². The molecule has 0 aromatic carbocycles. The SMILES string of the molecule is O=C1c2c(Br)c3ncsc3n2CCN1C1CC1. The minimum atomic E-state index is 0.163. The molecule has 3 heterocycles. The molecule has 0 bridgehead atoms. The van der Waals surface area contributed by atoms with Crippen LogP contribution in [0.2, 0.25) is 0 Å². The third kappa shape index (κ3) is 1.28. The van der Waals surface area contributed by atoms with Crippen molar-refractivity contribution in [1.29, 1.82) is 0 Å². The van der Waals surface area contributed by atoms with E-state index in [0.717, 1.165) is 46.4 Å². The molecule has 0 unspecified atom stereocenters. The van der Waals surface area contributed by atoms with Gasteiger partial charge in [-0.15, -0.1) is 11.3 Å². The van der Waals surface area contributed by atoms with E-state index >= 15 is 0 Å². The monoisotopic (exact) mass is 311 g/mol. The maximum absolute atomic E-state index is 12.4. The first-order valence-electron chi connectivity index (χ1n) is 5.69. The number of thiazole rings is 1. The molecule has 2 aliphatic rings. The number of hydrogen-bond donors (Lipinski definition) is 0. The fourth-order valence-electron chi connectivity index (χ4n) is 2.52. The summed E-state index contributed by atoms with van der Waals surface area (Å²) in [5.74, 6) is 0.163. The Balaban J connectivity index is 1.92. The lowest BCUT2D eigenvalue weighted by Gasteiger charge is -2.28. The lowest BCUT2D eigenvalue weighted by molar-refractivity contribution is 0.0692. The summed E-state index contributed by atoms with van der Waals surface area (Å²) in [4.78, 5) is 19.9. The number of hydrogen-bond acceptors (Lipinski definition) is 3. The number of nitrogens with zero attached hydrogens (tertiary/aromatic N) is 3. The van der Waals surface area contributed by atoms with Crippen LogP contribution in [0.15, 0.2) is 9.98 Å². The Morgan fingerprint density at radius 1 is 1.41 bits per heavy atom. The van der Waals surface area contributed by atoms with Crippen molar-refractivity contribution < 1.29 is 4.79 Å². The molecule has 1 amide bonds. The molecule has 1 fully saturated rings. The van der Waals surface area contributed by atoms with E-state index < -0.39 is 0 Å². The molecular weight excluding hydrogens is 302 g/mol. The zero-order valence-electron chi connectivity index (χ0n) is 9.02. The predicted molar refractivity (Wildman–Crippen MR) is 69.4 cm³/mol. The maximum Gasteiger partial charge on any atom is 0.272 e. The average Bonchev–Trinajstić information content (AvgIpc) is 2.97. The number of carbonyl (C=O) groups is 1. The Bertz CT molecular complexity index is 628. The van der Waals surface area contributed by atoms with Crippen LogP contribution < -0.4 is 0 Å². The lowest BCUT2D eigenvalue weighted by Crippen LogP contribution is -2.41. The molecule has 0 atom stereocenters. The Morgan fingerprint density at radius 2 is 2.24 bits per heavy atom. The summed E-state index contributed by atoms with van der Waals surface area (Å²) in [6.45, 7) is 1.73. The second kappa shape index (κ2) is 3.32. The molecule has 0 spiro atoms. The topological polar surface area (TPSA) is 38.1 Å². The highest BCUT2D eigenvalue weighted by Gasteiger charge is 2.38. The highest BCUT2D eigenvalue weighted by molar-refractivity contribution is 9.10. The fourth-order valence-corrected chi connectivity index (χ4v) is 4.16. The van der Waals surface area contributed by atoms with E-state index in [9.17, 15) is 4.79 Å².